The van der Waals surface area contributed by atoms with Crippen molar-refractivity contribution in [2.45, 2.75) is 0 Å². The number of hydrogen-bond acceptors (Lipinski definition) is 1. The molecule has 0 atom stereocenters. The maximum atomic E-state index is 4.28. The normalized spacial score (nSPS) is 9.92. The number of rotatable bonds is 1. The lowest BCUT2D eigenvalue weighted by Crippen LogP contribution is -2.26. The standard InChI is InChI=1S/C11H11N2/c1-13-8-4-5-10(9-13)11-6-2-3-7-12-11/h2-9H,1H3/q+1. The zero-order chi connectivity index (χ0) is 9.10. The molecule has 0 unspecified atom stereocenters. The summed E-state index contributed by atoms with van der Waals surface area (Å²) in [6.45, 7) is 0. The van der Waals surface area contributed by atoms with Gasteiger partial charge in [0.15, 0.2) is 12.4 Å². The van der Waals surface area contributed by atoms with Gasteiger partial charge in [0.1, 0.15) is 7.05 Å². The maximum Gasteiger partial charge on any atom is 0.177 e. The smallest absolute Gasteiger partial charge is 0.177 e. The second kappa shape index (κ2) is 3.35. The third kappa shape index (κ3) is 1.72. The molecule has 0 aliphatic heterocycles. The predicted octanol–water partition coefficient (Wildman–Crippen LogP) is 1.57. The van der Waals surface area contributed by atoms with Crippen molar-refractivity contribution in [1.82, 2.24) is 4.98 Å². The van der Waals surface area contributed by atoms with E-state index in [1.54, 1.807) is 0 Å². The zero-order valence-corrected chi connectivity index (χ0v) is 7.51. The molecule has 0 fully saturated rings. The molecule has 2 nitrogen and oxygen atoms in total. The zero-order valence-electron chi connectivity index (χ0n) is 7.51. The van der Waals surface area contributed by atoms with Crippen LogP contribution in [-0.2, 0) is 7.05 Å². The topological polar surface area (TPSA) is 16.8 Å². The van der Waals surface area contributed by atoms with E-state index >= 15 is 0 Å². The minimum Gasteiger partial charge on any atom is -0.256 e. The lowest BCUT2D eigenvalue weighted by atomic mass is 10.2. The van der Waals surface area contributed by atoms with Gasteiger partial charge in [0.05, 0.1) is 11.3 Å². The molecule has 0 saturated carbocycles. The molecule has 0 amide bonds. The van der Waals surface area contributed by atoms with E-state index in [2.05, 4.69) is 17.2 Å². The minimum atomic E-state index is 1.01. The number of nitrogens with zero attached hydrogens (tertiary/aromatic N) is 2. The molecule has 0 radical (unpaired) electrons. The Morgan fingerprint density at radius 2 is 2.08 bits per heavy atom. The van der Waals surface area contributed by atoms with Gasteiger partial charge in [-0.1, -0.05) is 6.07 Å². The fraction of sp³-hybridized carbons (Fsp3) is 0.0909. The molecule has 0 N–H and O–H groups in total. The van der Waals surface area contributed by atoms with Gasteiger partial charge in [0.25, 0.3) is 0 Å². The van der Waals surface area contributed by atoms with Gasteiger partial charge in [-0.2, -0.15) is 0 Å². The Hall–Kier alpha value is -1.70. The second-order valence-electron chi connectivity index (χ2n) is 2.97. The fourth-order valence-electron chi connectivity index (χ4n) is 1.27. The summed E-state index contributed by atoms with van der Waals surface area (Å²) in [6, 6.07) is 10.0. The van der Waals surface area contributed by atoms with E-state index in [0.29, 0.717) is 0 Å². The summed E-state index contributed by atoms with van der Waals surface area (Å²) in [6.07, 6.45) is 5.87. The Balaban J connectivity index is 2.48. The van der Waals surface area contributed by atoms with Crippen LogP contribution >= 0.6 is 0 Å². The first-order chi connectivity index (χ1) is 6.36. The number of aromatic nitrogens is 2. The van der Waals surface area contributed by atoms with Gasteiger partial charge in [-0.15, -0.1) is 0 Å². The van der Waals surface area contributed by atoms with E-state index < -0.39 is 0 Å². The first-order valence-corrected chi connectivity index (χ1v) is 4.23. The highest BCUT2D eigenvalue weighted by Crippen LogP contribution is 2.12. The fourth-order valence-corrected chi connectivity index (χ4v) is 1.27. The van der Waals surface area contributed by atoms with Crippen LogP contribution < -0.4 is 4.57 Å². The summed E-state index contributed by atoms with van der Waals surface area (Å²) >= 11 is 0. The average molecular weight is 171 g/mol. The quantitative estimate of drug-likeness (QED) is 0.595. The Bertz CT molecular complexity index is 396. The van der Waals surface area contributed by atoms with Crippen LogP contribution in [0, 0.1) is 0 Å². The molecular weight excluding hydrogens is 160 g/mol. The van der Waals surface area contributed by atoms with Crippen LogP contribution in [-0.4, -0.2) is 4.98 Å². The van der Waals surface area contributed by atoms with Gasteiger partial charge in [0, 0.05) is 12.3 Å². The lowest BCUT2D eigenvalue weighted by Gasteiger charge is -1.96. The van der Waals surface area contributed by atoms with Crippen LogP contribution in [0.3, 0.4) is 0 Å². The molecule has 13 heavy (non-hydrogen) atoms. The van der Waals surface area contributed by atoms with Crippen molar-refractivity contribution in [2.75, 3.05) is 0 Å². The third-order valence-corrected chi connectivity index (χ3v) is 1.90. The molecule has 0 aromatic carbocycles. The van der Waals surface area contributed by atoms with Gasteiger partial charge < -0.3 is 0 Å². The second-order valence-corrected chi connectivity index (χ2v) is 2.97. The largest absolute Gasteiger partial charge is 0.256 e. The molecule has 2 rings (SSSR count). The van der Waals surface area contributed by atoms with Crippen molar-refractivity contribution in [1.29, 1.82) is 0 Å². The molecule has 0 spiro atoms. The minimum absolute atomic E-state index is 1.01. The third-order valence-electron chi connectivity index (χ3n) is 1.90. The Labute approximate surface area is 77.5 Å². The maximum absolute atomic E-state index is 4.28. The van der Waals surface area contributed by atoms with Crippen LogP contribution in [0.4, 0.5) is 0 Å². The summed E-state index contributed by atoms with van der Waals surface area (Å²) in [7, 11) is 2.01. The predicted molar refractivity (Wildman–Crippen MR) is 50.8 cm³/mol. The monoisotopic (exact) mass is 171 g/mol. The molecule has 0 aliphatic carbocycles. The van der Waals surface area contributed by atoms with Crippen molar-refractivity contribution >= 4 is 0 Å². The summed E-state index contributed by atoms with van der Waals surface area (Å²) in [4.78, 5) is 4.28. The molecule has 2 aromatic heterocycles. The van der Waals surface area contributed by atoms with Gasteiger partial charge in [-0.25, -0.2) is 4.57 Å². The average Bonchev–Trinajstić information content (AvgIpc) is 2.19. The highest BCUT2D eigenvalue weighted by Gasteiger charge is 2.00. The summed E-state index contributed by atoms with van der Waals surface area (Å²) in [5.74, 6) is 0. The van der Waals surface area contributed by atoms with Gasteiger partial charge in [0.2, 0.25) is 0 Å². The molecule has 0 bridgehead atoms. The first-order valence-electron chi connectivity index (χ1n) is 4.23. The highest BCUT2D eigenvalue weighted by atomic mass is 14.9. The van der Waals surface area contributed by atoms with Crippen LogP contribution in [0.2, 0.25) is 0 Å². The van der Waals surface area contributed by atoms with E-state index in [1.807, 2.05) is 48.3 Å². The SMILES string of the molecule is C[n+]1cccc(-c2ccccn2)c1. The van der Waals surface area contributed by atoms with Gasteiger partial charge in [-0.05, 0) is 18.2 Å². The van der Waals surface area contributed by atoms with Crippen LogP contribution in [0.15, 0.2) is 48.9 Å². The Kier molecular flexibility index (Phi) is 2.04. The molecule has 2 aromatic rings. The number of aryl methyl sites for hydroxylation is 1. The van der Waals surface area contributed by atoms with E-state index in [0.717, 1.165) is 11.3 Å². The lowest BCUT2D eigenvalue weighted by molar-refractivity contribution is -0.671. The van der Waals surface area contributed by atoms with Gasteiger partial charge >= 0.3 is 0 Å². The molecule has 0 saturated heterocycles. The molecule has 64 valence electrons. The van der Waals surface area contributed by atoms with Crippen molar-refractivity contribution in [3.8, 4) is 11.3 Å². The van der Waals surface area contributed by atoms with Crippen molar-refractivity contribution in [3.05, 3.63) is 48.9 Å². The van der Waals surface area contributed by atoms with Crippen LogP contribution in [0.5, 0.6) is 0 Å². The molecule has 2 heterocycles. The van der Waals surface area contributed by atoms with E-state index in [-0.39, 0.29) is 0 Å². The number of pyridine rings is 2. The van der Waals surface area contributed by atoms with Crippen LogP contribution in [0.25, 0.3) is 11.3 Å². The molecule has 0 aliphatic rings. The highest BCUT2D eigenvalue weighted by molar-refractivity contribution is 5.55. The van der Waals surface area contributed by atoms with Crippen molar-refractivity contribution < 1.29 is 4.57 Å². The number of hydrogen-bond donors (Lipinski definition) is 0. The van der Waals surface area contributed by atoms with E-state index in [1.165, 1.54) is 0 Å². The van der Waals surface area contributed by atoms with Crippen molar-refractivity contribution in [2.24, 2.45) is 7.05 Å². The summed E-state index contributed by atoms with van der Waals surface area (Å²) < 4.78 is 2.02. The van der Waals surface area contributed by atoms with Crippen LogP contribution in [0.1, 0.15) is 0 Å². The summed E-state index contributed by atoms with van der Waals surface area (Å²) in [5.41, 5.74) is 2.16. The van der Waals surface area contributed by atoms with E-state index in [9.17, 15) is 0 Å². The van der Waals surface area contributed by atoms with Crippen molar-refractivity contribution in [3.63, 3.8) is 0 Å². The van der Waals surface area contributed by atoms with E-state index in [4.69, 9.17) is 0 Å². The Morgan fingerprint density at radius 1 is 1.15 bits per heavy atom. The Morgan fingerprint density at radius 3 is 2.77 bits per heavy atom. The summed E-state index contributed by atoms with van der Waals surface area (Å²) in [5, 5.41) is 0. The molecule has 2 heteroatoms. The molecular formula is C11H11N2+. The van der Waals surface area contributed by atoms with Gasteiger partial charge in [-0.3, -0.25) is 4.98 Å². The first kappa shape index (κ1) is 7.92.